The van der Waals surface area contributed by atoms with Crippen LogP contribution in [0.4, 0.5) is 0 Å². The highest BCUT2D eigenvalue weighted by molar-refractivity contribution is 5.81. The van der Waals surface area contributed by atoms with Crippen molar-refractivity contribution < 1.29 is 0 Å². The molecule has 0 atom stereocenters. The van der Waals surface area contributed by atoms with Crippen LogP contribution in [-0.4, -0.2) is 10.2 Å². The quantitative estimate of drug-likeness (QED) is 0.323. The number of hydrogen-bond donors (Lipinski definition) is 1. The molecule has 1 aromatic carbocycles. The Labute approximate surface area is 161 Å². The van der Waals surface area contributed by atoms with Crippen LogP contribution < -0.4 is 0 Å². The smallest absolute Gasteiger partial charge is 0.0679 e. The van der Waals surface area contributed by atoms with Gasteiger partial charge in [-0.2, -0.15) is 5.10 Å². The third-order valence-electron chi connectivity index (χ3n) is 5.62. The van der Waals surface area contributed by atoms with Crippen molar-refractivity contribution in [1.82, 2.24) is 10.2 Å². The van der Waals surface area contributed by atoms with Gasteiger partial charge in [0.05, 0.1) is 11.7 Å². The molecule has 0 bridgehead atoms. The number of aromatic amines is 1. The zero-order chi connectivity index (χ0) is 18.5. The molecule has 0 saturated carbocycles. The van der Waals surface area contributed by atoms with Crippen molar-refractivity contribution >= 4 is 10.9 Å². The Bertz CT molecular complexity index is 599. The van der Waals surface area contributed by atoms with Gasteiger partial charge in [0.1, 0.15) is 0 Å². The molecule has 0 saturated heterocycles. The maximum absolute atomic E-state index is 4.15. The van der Waals surface area contributed by atoms with Gasteiger partial charge in [-0.05, 0) is 37.0 Å². The average Bonchev–Trinajstić information content (AvgIpc) is 3.11. The molecule has 0 aliphatic rings. The minimum absolute atomic E-state index is 1.19. The first kappa shape index (κ1) is 21.0. The largest absolute Gasteiger partial charge is 0.278 e. The SMILES string of the molecule is CCCCCCCCCCCCCCCCc1cc(C)c2[nH]ncc2c1. The molecule has 2 nitrogen and oxygen atoms in total. The monoisotopic (exact) mass is 356 g/mol. The van der Waals surface area contributed by atoms with E-state index in [1.807, 2.05) is 6.20 Å². The Kier molecular flexibility index (Phi) is 10.5. The van der Waals surface area contributed by atoms with Crippen molar-refractivity contribution in [3.63, 3.8) is 0 Å². The second-order valence-corrected chi connectivity index (χ2v) is 8.09. The lowest BCUT2D eigenvalue weighted by Gasteiger charge is -2.05. The van der Waals surface area contributed by atoms with Gasteiger partial charge in [0.25, 0.3) is 0 Å². The molecule has 0 fully saturated rings. The summed E-state index contributed by atoms with van der Waals surface area (Å²) in [6.07, 6.45) is 23.1. The molecule has 0 amide bonds. The fourth-order valence-corrected chi connectivity index (χ4v) is 3.98. The summed E-state index contributed by atoms with van der Waals surface area (Å²) in [6, 6.07) is 4.62. The van der Waals surface area contributed by atoms with Crippen LogP contribution >= 0.6 is 0 Å². The van der Waals surface area contributed by atoms with Gasteiger partial charge in [0, 0.05) is 5.39 Å². The number of aromatic nitrogens is 2. The Morgan fingerprint density at radius 2 is 1.27 bits per heavy atom. The lowest BCUT2D eigenvalue weighted by atomic mass is 10.0. The van der Waals surface area contributed by atoms with Crippen LogP contribution in [0.1, 0.15) is 108 Å². The van der Waals surface area contributed by atoms with Crippen molar-refractivity contribution in [2.24, 2.45) is 0 Å². The van der Waals surface area contributed by atoms with Crippen LogP contribution in [0, 0.1) is 6.92 Å². The van der Waals surface area contributed by atoms with Crippen molar-refractivity contribution in [2.45, 2.75) is 110 Å². The molecule has 0 unspecified atom stereocenters. The van der Waals surface area contributed by atoms with E-state index in [1.165, 1.54) is 118 Å². The standard InChI is InChI=1S/C24H40N2/c1-3-4-5-6-7-8-9-10-11-12-13-14-15-16-17-22-18-21(2)24-23(19-22)20-25-26-24/h18-20H,3-17H2,1-2H3,(H,25,26). The fraction of sp³-hybridized carbons (Fsp3) is 0.708. The molecule has 0 aliphatic carbocycles. The van der Waals surface area contributed by atoms with Gasteiger partial charge in [0.15, 0.2) is 0 Å². The van der Waals surface area contributed by atoms with E-state index in [4.69, 9.17) is 0 Å². The van der Waals surface area contributed by atoms with Crippen molar-refractivity contribution in [3.05, 3.63) is 29.5 Å². The number of nitrogens with one attached hydrogen (secondary N) is 1. The van der Waals surface area contributed by atoms with Crippen LogP contribution in [0.5, 0.6) is 0 Å². The third kappa shape index (κ3) is 7.93. The Hall–Kier alpha value is -1.31. The van der Waals surface area contributed by atoms with E-state index < -0.39 is 0 Å². The molecule has 26 heavy (non-hydrogen) atoms. The molecular formula is C24H40N2. The normalized spacial score (nSPS) is 11.5. The van der Waals surface area contributed by atoms with Gasteiger partial charge in [-0.15, -0.1) is 0 Å². The van der Waals surface area contributed by atoms with Gasteiger partial charge in [-0.1, -0.05) is 96.5 Å². The molecule has 0 aliphatic heterocycles. The van der Waals surface area contributed by atoms with Gasteiger partial charge < -0.3 is 0 Å². The highest BCUT2D eigenvalue weighted by Gasteiger charge is 2.02. The summed E-state index contributed by atoms with van der Waals surface area (Å²) in [5.41, 5.74) is 3.98. The van der Waals surface area contributed by atoms with Crippen LogP contribution in [0.2, 0.25) is 0 Å². The van der Waals surface area contributed by atoms with Crippen molar-refractivity contribution in [1.29, 1.82) is 0 Å². The molecular weight excluding hydrogens is 316 g/mol. The molecule has 0 radical (unpaired) electrons. The Morgan fingerprint density at radius 3 is 1.85 bits per heavy atom. The predicted molar refractivity (Wildman–Crippen MR) is 115 cm³/mol. The van der Waals surface area contributed by atoms with Crippen LogP contribution in [0.3, 0.4) is 0 Å². The van der Waals surface area contributed by atoms with Gasteiger partial charge in [-0.25, -0.2) is 0 Å². The number of rotatable bonds is 15. The van der Waals surface area contributed by atoms with Crippen LogP contribution in [0.15, 0.2) is 18.3 Å². The average molecular weight is 357 g/mol. The molecule has 2 aromatic rings. The topological polar surface area (TPSA) is 28.7 Å². The predicted octanol–water partition coefficient (Wildman–Crippen LogP) is 7.90. The van der Waals surface area contributed by atoms with Crippen LogP contribution in [0.25, 0.3) is 10.9 Å². The first-order valence-electron chi connectivity index (χ1n) is 11.2. The zero-order valence-corrected chi connectivity index (χ0v) is 17.3. The molecule has 1 heterocycles. The van der Waals surface area contributed by atoms with Gasteiger partial charge in [-0.3, -0.25) is 5.10 Å². The van der Waals surface area contributed by atoms with Gasteiger partial charge >= 0.3 is 0 Å². The number of unbranched alkanes of at least 4 members (excludes halogenated alkanes) is 13. The Morgan fingerprint density at radius 1 is 0.731 bits per heavy atom. The number of fused-ring (bicyclic) bond motifs is 1. The fourth-order valence-electron chi connectivity index (χ4n) is 3.98. The van der Waals surface area contributed by atoms with E-state index >= 15 is 0 Å². The maximum Gasteiger partial charge on any atom is 0.0679 e. The first-order chi connectivity index (χ1) is 12.8. The number of hydrogen-bond acceptors (Lipinski definition) is 1. The second-order valence-electron chi connectivity index (χ2n) is 8.09. The maximum atomic E-state index is 4.15. The summed E-state index contributed by atoms with van der Waals surface area (Å²) in [5, 5.41) is 8.49. The molecule has 2 heteroatoms. The summed E-state index contributed by atoms with van der Waals surface area (Å²) < 4.78 is 0. The molecule has 146 valence electrons. The van der Waals surface area contributed by atoms with Gasteiger partial charge in [0.2, 0.25) is 0 Å². The van der Waals surface area contributed by atoms with Crippen molar-refractivity contribution in [3.8, 4) is 0 Å². The minimum atomic E-state index is 1.19. The lowest BCUT2D eigenvalue weighted by Crippen LogP contribution is -1.89. The molecule has 2 rings (SSSR count). The zero-order valence-electron chi connectivity index (χ0n) is 17.3. The lowest BCUT2D eigenvalue weighted by molar-refractivity contribution is 0.535. The molecule has 1 N–H and O–H groups in total. The second kappa shape index (κ2) is 12.9. The Balaban J connectivity index is 1.41. The summed E-state index contributed by atoms with van der Waals surface area (Å²) in [6.45, 7) is 4.47. The van der Waals surface area contributed by atoms with Crippen LogP contribution in [-0.2, 0) is 6.42 Å². The number of benzene rings is 1. The summed E-state index contributed by atoms with van der Waals surface area (Å²) in [7, 11) is 0. The highest BCUT2D eigenvalue weighted by atomic mass is 15.1. The summed E-state index contributed by atoms with van der Waals surface area (Å²) in [5.74, 6) is 0. The summed E-state index contributed by atoms with van der Waals surface area (Å²) >= 11 is 0. The van der Waals surface area contributed by atoms with E-state index in [0.29, 0.717) is 0 Å². The number of nitrogens with zero attached hydrogens (tertiary/aromatic N) is 1. The molecule has 1 aromatic heterocycles. The minimum Gasteiger partial charge on any atom is -0.278 e. The highest BCUT2D eigenvalue weighted by Crippen LogP contribution is 2.20. The van der Waals surface area contributed by atoms with E-state index in [-0.39, 0.29) is 0 Å². The number of aryl methyl sites for hydroxylation is 2. The van der Waals surface area contributed by atoms with E-state index in [0.717, 1.165) is 0 Å². The third-order valence-corrected chi connectivity index (χ3v) is 5.62. The first-order valence-corrected chi connectivity index (χ1v) is 11.2. The summed E-state index contributed by atoms with van der Waals surface area (Å²) in [4.78, 5) is 0. The number of H-pyrrole nitrogens is 1. The van der Waals surface area contributed by atoms with Crippen molar-refractivity contribution in [2.75, 3.05) is 0 Å². The van der Waals surface area contributed by atoms with E-state index in [9.17, 15) is 0 Å². The van der Waals surface area contributed by atoms with E-state index in [2.05, 4.69) is 36.2 Å². The van der Waals surface area contributed by atoms with E-state index in [1.54, 1.807) is 0 Å². The molecule has 0 spiro atoms.